The molecule has 0 bridgehead atoms. The molecule has 7 heteroatoms. The molecule has 4 rings (SSSR count). The van der Waals surface area contributed by atoms with Crippen molar-refractivity contribution in [3.63, 3.8) is 0 Å². The van der Waals surface area contributed by atoms with Crippen LogP contribution in [-0.4, -0.2) is 31.4 Å². The normalized spacial score (nSPS) is 12.5. The first-order valence-electron chi connectivity index (χ1n) is 10.6. The standard InChI is InChI=1S/C26H27N3O2S2/c1-19-5-9-21(10-6-19)17-29-25(18-32-26(29)27-23-13-7-20(2)8-14-23)22-11-15-24(16-12-22)33(30,31)28(3)4/h5-16,18H,17H2,1-4H3. The summed E-state index contributed by atoms with van der Waals surface area (Å²) in [4.78, 5) is 6.07. The molecule has 0 atom stereocenters. The fourth-order valence-corrected chi connectivity index (χ4v) is 5.25. The molecule has 0 unspecified atom stereocenters. The quantitative estimate of drug-likeness (QED) is 0.375. The van der Waals surface area contributed by atoms with Gasteiger partial charge in [0.25, 0.3) is 0 Å². The molecule has 0 fully saturated rings. The Bertz CT molecular complexity index is 1410. The average molecular weight is 478 g/mol. The first-order chi connectivity index (χ1) is 15.7. The minimum atomic E-state index is -3.47. The predicted octanol–water partition coefficient (Wildman–Crippen LogP) is 5.36. The fourth-order valence-electron chi connectivity index (χ4n) is 3.42. The first-order valence-corrected chi connectivity index (χ1v) is 12.9. The lowest BCUT2D eigenvalue weighted by molar-refractivity contribution is 0.521. The average Bonchev–Trinajstić information content (AvgIpc) is 3.18. The zero-order valence-corrected chi connectivity index (χ0v) is 20.8. The Morgan fingerprint density at radius 1 is 0.848 bits per heavy atom. The van der Waals surface area contributed by atoms with Crippen LogP contribution in [0.5, 0.6) is 0 Å². The van der Waals surface area contributed by atoms with Crippen LogP contribution in [0.3, 0.4) is 0 Å². The van der Waals surface area contributed by atoms with Gasteiger partial charge in [0.05, 0.1) is 22.8 Å². The summed E-state index contributed by atoms with van der Waals surface area (Å²) in [5.41, 5.74) is 6.44. The number of aromatic nitrogens is 1. The van der Waals surface area contributed by atoms with Crippen LogP contribution in [0, 0.1) is 13.8 Å². The van der Waals surface area contributed by atoms with E-state index in [4.69, 9.17) is 4.99 Å². The molecule has 0 aliphatic rings. The Kier molecular flexibility index (Phi) is 6.65. The highest BCUT2D eigenvalue weighted by molar-refractivity contribution is 7.89. The lowest BCUT2D eigenvalue weighted by Gasteiger charge is -2.13. The van der Waals surface area contributed by atoms with E-state index in [0.717, 1.165) is 21.7 Å². The van der Waals surface area contributed by atoms with Gasteiger partial charge < -0.3 is 4.57 Å². The van der Waals surface area contributed by atoms with Crippen LogP contribution in [0.15, 0.2) is 88.1 Å². The number of rotatable bonds is 6. The van der Waals surface area contributed by atoms with Gasteiger partial charge in [-0.2, -0.15) is 0 Å². The number of aryl methyl sites for hydroxylation is 2. The van der Waals surface area contributed by atoms with Gasteiger partial charge in [-0.3, -0.25) is 0 Å². The minimum Gasteiger partial charge on any atom is -0.312 e. The summed E-state index contributed by atoms with van der Waals surface area (Å²) in [7, 11) is -0.391. The Labute approximate surface area is 199 Å². The van der Waals surface area contributed by atoms with Gasteiger partial charge in [-0.1, -0.05) is 59.7 Å². The van der Waals surface area contributed by atoms with Crippen LogP contribution in [0.4, 0.5) is 5.69 Å². The molecule has 1 aromatic heterocycles. The number of hydrogen-bond acceptors (Lipinski definition) is 4. The molecule has 0 radical (unpaired) electrons. The van der Waals surface area contributed by atoms with E-state index in [1.54, 1.807) is 23.5 Å². The molecule has 0 spiro atoms. The van der Waals surface area contributed by atoms with E-state index in [-0.39, 0.29) is 4.90 Å². The number of hydrogen-bond donors (Lipinski definition) is 0. The number of thiazole rings is 1. The van der Waals surface area contributed by atoms with Gasteiger partial charge in [0.2, 0.25) is 10.0 Å². The second-order valence-corrected chi connectivity index (χ2v) is 11.2. The Morgan fingerprint density at radius 2 is 1.42 bits per heavy atom. The summed E-state index contributed by atoms with van der Waals surface area (Å²) in [6.07, 6.45) is 0. The van der Waals surface area contributed by atoms with Crippen LogP contribution in [0.1, 0.15) is 16.7 Å². The molecule has 0 saturated heterocycles. The number of benzene rings is 3. The maximum atomic E-state index is 12.5. The van der Waals surface area contributed by atoms with E-state index in [9.17, 15) is 8.42 Å². The molecule has 0 aliphatic heterocycles. The summed E-state index contributed by atoms with van der Waals surface area (Å²) < 4.78 is 28.3. The van der Waals surface area contributed by atoms with Crippen molar-refractivity contribution in [3.8, 4) is 11.3 Å². The molecule has 0 amide bonds. The van der Waals surface area contributed by atoms with Crippen molar-refractivity contribution in [2.45, 2.75) is 25.3 Å². The third-order valence-electron chi connectivity index (χ3n) is 5.45. The summed E-state index contributed by atoms with van der Waals surface area (Å²) in [5.74, 6) is 0. The zero-order valence-electron chi connectivity index (χ0n) is 19.2. The Hall–Kier alpha value is -3.00. The van der Waals surface area contributed by atoms with Gasteiger partial charge in [-0.15, -0.1) is 11.3 Å². The maximum absolute atomic E-state index is 12.5. The smallest absolute Gasteiger partial charge is 0.242 e. The summed E-state index contributed by atoms with van der Waals surface area (Å²) in [6, 6.07) is 23.7. The van der Waals surface area contributed by atoms with E-state index in [1.165, 1.54) is 35.1 Å². The summed E-state index contributed by atoms with van der Waals surface area (Å²) in [6.45, 7) is 4.81. The van der Waals surface area contributed by atoms with E-state index in [1.807, 2.05) is 24.3 Å². The fraction of sp³-hybridized carbons (Fsp3) is 0.192. The van der Waals surface area contributed by atoms with Crippen molar-refractivity contribution in [2.24, 2.45) is 4.99 Å². The molecule has 3 aromatic carbocycles. The van der Waals surface area contributed by atoms with Gasteiger partial charge in [0.1, 0.15) is 0 Å². The molecule has 0 N–H and O–H groups in total. The van der Waals surface area contributed by atoms with Crippen molar-refractivity contribution in [1.29, 1.82) is 0 Å². The molecule has 170 valence electrons. The molecule has 5 nitrogen and oxygen atoms in total. The van der Waals surface area contributed by atoms with Gasteiger partial charge in [-0.25, -0.2) is 17.7 Å². The van der Waals surface area contributed by atoms with E-state index in [2.05, 4.69) is 60.2 Å². The number of nitrogens with zero attached hydrogens (tertiary/aromatic N) is 3. The second-order valence-electron chi connectivity index (χ2n) is 8.23. The topological polar surface area (TPSA) is 54.7 Å². The van der Waals surface area contributed by atoms with Crippen LogP contribution < -0.4 is 4.80 Å². The highest BCUT2D eigenvalue weighted by atomic mass is 32.2. The summed E-state index contributed by atoms with van der Waals surface area (Å²) in [5, 5.41) is 2.08. The molecular weight excluding hydrogens is 450 g/mol. The van der Waals surface area contributed by atoms with Gasteiger partial charge >= 0.3 is 0 Å². The highest BCUT2D eigenvalue weighted by Gasteiger charge is 2.17. The monoisotopic (exact) mass is 477 g/mol. The Balaban J connectivity index is 1.80. The lowest BCUT2D eigenvalue weighted by atomic mass is 10.1. The molecule has 1 heterocycles. The third kappa shape index (κ3) is 5.16. The SMILES string of the molecule is Cc1ccc(Cn2c(-c3ccc(S(=O)(=O)N(C)C)cc3)csc2=Nc2ccc(C)cc2)cc1. The van der Waals surface area contributed by atoms with E-state index >= 15 is 0 Å². The Morgan fingerprint density at radius 3 is 2.00 bits per heavy atom. The van der Waals surface area contributed by atoms with Crippen molar-refractivity contribution in [2.75, 3.05) is 14.1 Å². The highest BCUT2D eigenvalue weighted by Crippen LogP contribution is 2.24. The van der Waals surface area contributed by atoms with Gasteiger partial charge in [0, 0.05) is 19.5 Å². The molecule has 33 heavy (non-hydrogen) atoms. The van der Waals surface area contributed by atoms with Gasteiger partial charge in [0.15, 0.2) is 4.80 Å². The minimum absolute atomic E-state index is 0.279. The maximum Gasteiger partial charge on any atom is 0.242 e. The summed E-state index contributed by atoms with van der Waals surface area (Å²) >= 11 is 1.58. The predicted molar refractivity (Wildman–Crippen MR) is 135 cm³/mol. The molecular formula is C26H27N3O2S2. The van der Waals surface area contributed by atoms with Crippen LogP contribution in [0.25, 0.3) is 11.3 Å². The second kappa shape index (κ2) is 9.47. The molecule has 0 aliphatic carbocycles. The van der Waals surface area contributed by atoms with Crippen molar-refractivity contribution in [1.82, 2.24) is 8.87 Å². The zero-order chi connectivity index (χ0) is 23.6. The number of sulfonamides is 1. The van der Waals surface area contributed by atoms with Gasteiger partial charge in [-0.05, 0) is 49.2 Å². The largest absolute Gasteiger partial charge is 0.312 e. The third-order valence-corrected chi connectivity index (χ3v) is 8.14. The first kappa shape index (κ1) is 23.2. The van der Waals surface area contributed by atoms with Crippen molar-refractivity contribution >= 4 is 27.0 Å². The molecule has 0 saturated carbocycles. The van der Waals surface area contributed by atoms with Crippen molar-refractivity contribution in [3.05, 3.63) is 99.7 Å². The van der Waals surface area contributed by atoms with E-state index in [0.29, 0.717) is 6.54 Å². The van der Waals surface area contributed by atoms with Crippen LogP contribution in [-0.2, 0) is 16.6 Å². The van der Waals surface area contributed by atoms with Crippen LogP contribution >= 0.6 is 11.3 Å². The van der Waals surface area contributed by atoms with E-state index < -0.39 is 10.0 Å². The molecule has 4 aromatic rings. The van der Waals surface area contributed by atoms with Crippen molar-refractivity contribution < 1.29 is 8.42 Å². The lowest BCUT2D eigenvalue weighted by Crippen LogP contribution is -2.22. The van der Waals surface area contributed by atoms with Crippen LogP contribution in [0.2, 0.25) is 0 Å².